The lowest BCUT2D eigenvalue weighted by Gasteiger charge is -2.35. The third-order valence-electron chi connectivity index (χ3n) is 6.04. The van der Waals surface area contributed by atoms with E-state index in [1.165, 1.54) is 30.1 Å². The number of hydrogen-bond donors (Lipinski definition) is 1. The van der Waals surface area contributed by atoms with Crippen LogP contribution in [0.1, 0.15) is 35.3 Å². The van der Waals surface area contributed by atoms with Crippen LogP contribution < -0.4 is 9.64 Å². The summed E-state index contributed by atoms with van der Waals surface area (Å²) >= 11 is 2.99. The quantitative estimate of drug-likeness (QED) is 0.351. The van der Waals surface area contributed by atoms with Crippen LogP contribution in [0.4, 0.5) is 24.5 Å². The Hall–Kier alpha value is -2.85. The Morgan fingerprint density at radius 3 is 2.81 bits per heavy atom. The lowest BCUT2D eigenvalue weighted by atomic mass is 9.94. The van der Waals surface area contributed by atoms with E-state index in [1.807, 2.05) is 23.1 Å². The number of aromatic carboxylic acids is 1. The molecule has 0 amide bonds. The van der Waals surface area contributed by atoms with E-state index >= 15 is 0 Å². The topological polar surface area (TPSA) is 62.7 Å². The van der Waals surface area contributed by atoms with Gasteiger partial charge in [-0.25, -0.2) is 22.9 Å². The second-order valence-electron chi connectivity index (χ2n) is 8.71. The summed E-state index contributed by atoms with van der Waals surface area (Å²) in [5.41, 5.74) is 1.92. The van der Waals surface area contributed by atoms with Crippen molar-refractivity contribution >= 4 is 40.9 Å². The molecule has 0 saturated heterocycles. The molecule has 0 radical (unpaired) electrons. The van der Waals surface area contributed by atoms with Crippen LogP contribution in [0.15, 0.2) is 64.5 Å². The predicted octanol–water partition coefficient (Wildman–Crippen LogP) is 7.02. The largest absolute Gasteiger partial charge is 0.488 e. The van der Waals surface area contributed by atoms with E-state index < -0.39 is 11.9 Å². The predicted molar refractivity (Wildman–Crippen MR) is 135 cm³/mol. The number of carbonyl (C=O) groups is 1. The van der Waals surface area contributed by atoms with Crippen LogP contribution in [0.5, 0.6) is 5.75 Å². The standard InChI is InChI=1S/C26H23F3N2O3S2/c27-17-5-1-6-18(10-17)31-8-3-9-35-22-12-21(34-15-16-4-2-7-30-24(16)25(32)33)23(11-20(22)31)36-19-13-26(28,29)14-19/h1-2,4-7,10-12,19H,3,8-9,13-15H2,(H,32,33). The molecule has 188 valence electrons. The number of carboxylic acids is 1. The fourth-order valence-electron chi connectivity index (χ4n) is 4.27. The van der Waals surface area contributed by atoms with Crippen LogP contribution in [0.3, 0.4) is 0 Å². The van der Waals surface area contributed by atoms with Gasteiger partial charge in [0.25, 0.3) is 0 Å². The first-order chi connectivity index (χ1) is 17.3. The first kappa shape index (κ1) is 24.8. The second kappa shape index (κ2) is 10.3. The molecule has 1 aromatic heterocycles. The fourth-order valence-corrected chi connectivity index (χ4v) is 6.70. The van der Waals surface area contributed by atoms with Gasteiger partial charge in [0.1, 0.15) is 18.2 Å². The monoisotopic (exact) mass is 532 g/mol. The summed E-state index contributed by atoms with van der Waals surface area (Å²) < 4.78 is 47.3. The van der Waals surface area contributed by atoms with Crippen LogP contribution in [0.2, 0.25) is 0 Å². The molecule has 2 aliphatic rings. The van der Waals surface area contributed by atoms with Crippen molar-refractivity contribution < 1.29 is 27.8 Å². The summed E-state index contributed by atoms with van der Waals surface area (Å²) in [4.78, 5) is 19.1. The van der Waals surface area contributed by atoms with Gasteiger partial charge in [-0.2, -0.15) is 0 Å². The lowest BCUT2D eigenvalue weighted by molar-refractivity contribution is -0.0667. The normalized spacial score (nSPS) is 17.1. The summed E-state index contributed by atoms with van der Waals surface area (Å²) in [6.07, 6.45) is 1.87. The summed E-state index contributed by atoms with van der Waals surface area (Å²) in [5, 5.41) is 9.19. The Labute approximate surface area is 215 Å². The number of ether oxygens (including phenoxy) is 1. The Kier molecular flexibility index (Phi) is 7.07. The van der Waals surface area contributed by atoms with Gasteiger partial charge in [0, 0.05) is 47.0 Å². The molecule has 3 aromatic rings. The number of anilines is 2. The van der Waals surface area contributed by atoms with Crippen molar-refractivity contribution in [3.8, 4) is 5.75 Å². The molecular weight excluding hydrogens is 509 g/mol. The molecular formula is C26H23F3N2O3S2. The van der Waals surface area contributed by atoms with Crippen LogP contribution in [0.25, 0.3) is 0 Å². The van der Waals surface area contributed by atoms with Gasteiger partial charge in [-0.1, -0.05) is 12.1 Å². The van der Waals surface area contributed by atoms with E-state index in [9.17, 15) is 23.1 Å². The van der Waals surface area contributed by atoms with Gasteiger partial charge < -0.3 is 14.7 Å². The average Bonchev–Trinajstić information content (AvgIpc) is 3.03. The van der Waals surface area contributed by atoms with Gasteiger partial charge in [0.15, 0.2) is 5.69 Å². The molecule has 2 aromatic carbocycles. The number of rotatable bonds is 7. The molecule has 36 heavy (non-hydrogen) atoms. The Morgan fingerprint density at radius 2 is 2.06 bits per heavy atom. The second-order valence-corrected chi connectivity index (χ2v) is 11.2. The van der Waals surface area contributed by atoms with Crippen LogP contribution in [-0.2, 0) is 6.61 Å². The molecule has 1 aliphatic carbocycles. The highest BCUT2D eigenvalue weighted by atomic mass is 32.2. The van der Waals surface area contributed by atoms with Crippen molar-refractivity contribution in [1.82, 2.24) is 4.98 Å². The molecule has 1 aliphatic heterocycles. The molecule has 5 rings (SSSR count). The van der Waals surface area contributed by atoms with Gasteiger partial charge in [-0.15, -0.1) is 23.5 Å². The van der Waals surface area contributed by atoms with Crippen molar-refractivity contribution in [3.05, 3.63) is 71.8 Å². The van der Waals surface area contributed by atoms with Crippen molar-refractivity contribution in [3.63, 3.8) is 0 Å². The van der Waals surface area contributed by atoms with Crippen LogP contribution in [-0.4, -0.2) is 39.5 Å². The number of pyridine rings is 1. The Balaban J connectivity index is 1.50. The van der Waals surface area contributed by atoms with E-state index in [-0.39, 0.29) is 36.2 Å². The fraction of sp³-hybridized carbons (Fsp3) is 0.308. The maximum atomic E-state index is 14.0. The molecule has 0 spiro atoms. The Morgan fingerprint density at radius 1 is 1.22 bits per heavy atom. The number of nitrogens with zero attached hydrogens (tertiary/aromatic N) is 2. The molecule has 0 unspecified atom stereocenters. The van der Waals surface area contributed by atoms with Gasteiger partial charge in [0.05, 0.1) is 10.6 Å². The zero-order chi connectivity index (χ0) is 25.3. The molecule has 1 N–H and O–H groups in total. The van der Waals surface area contributed by atoms with E-state index in [4.69, 9.17) is 4.74 Å². The number of carboxylic acid groups (broad SMARTS) is 1. The van der Waals surface area contributed by atoms with Crippen molar-refractivity contribution in [1.29, 1.82) is 0 Å². The molecule has 5 nitrogen and oxygen atoms in total. The summed E-state index contributed by atoms with van der Waals surface area (Å²) in [7, 11) is 0. The highest BCUT2D eigenvalue weighted by Crippen LogP contribution is 2.51. The van der Waals surface area contributed by atoms with E-state index in [0.29, 0.717) is 22.8 Å². The van der Waals surface area contributed by atoms with Crippen LogP contribution >= 0.6 is 23.5 Å². The maximum Gasteiger partial charge on any atom is 0.354 e. The number of benzene rings is 2. The van der Waals surface area contributed by atoms with Gasteiger partial charge >= 0.3 is 5.97 Å². The summed E-state index contributed by atoms with van der Waals surface area (Å²) in [6.45, 7) is 0.661. The number of fused-ring (bicyclic) bond motifs is 1. The first-order valence-electron chi connectivity index (χ1n) is 11.5. The number of aromatic nitrogens is 1. The Bertz CT molecular complexity index is 1280. The average molecular weight is 533 g/mol. The highest BCUT2D eigenvalue weighted by molar-refractivity contribution is 8.00. The van der Waals surface area contributed by atoms with Gasteiger partial charge in [-0.3, -0.25) is 0 Å². The van der Waals surface area contributed by atoms with E-state index in [2.05, 4.69) is 4.98 Å². The minimum atomic E-state index is -2.65. The molecule has 2 heterocycles. The van der Waals surface area contributed by atoms with Crippen LogP contribution in [0, 0.1) is 5.82 Å². The minimum absolute atomic E-state index is 0.0269. The van der Waals surface area contributed by atoms with E-state index in [0.717, 1.165) is 28.4 Å². The molecule has 0 bridgehead atoms. The first-order valence-corrected chi connectivity index (χ1v) is 13.3. The number of hydrogen-bond acceptors (Lipinski definition) is 6. The third-order valence-corrected chi connectivity index (χ3v) is 8.41. The smallest absolute Gasteiger partial charge is 0.354 e. The van der Waals surface area contributed by atoms with Crippen molar-refractivity contribution in [2.45, 2.75) is 46.8 Å². The number of halogens is 3. The number of thioether (sulfide) groups is 2. The summed E-state index contributed by atoms with van der Waals surface area (Å²) in [5.74, 6) is -2.78. The van der Waals surface area contributed by atoms with Gasteiger partial charge in [0.2, 0.25) is 5.92 Å². The highest BCUT2D eigenvalue weighted by Gasteiger charge is 2.46. The van der Waals surface area contributed by atoms with Crippen molar-refractivity contribution in [2.24, 2.45) is 0 Å². The van der Waals surface area contributed by atoms with Gasteiger partial charge in [-0.05, 0) is 48.6 Å². The number of alkyl halides is 2. The SMILES string of the molecule is O=C(O)c1ncccc1COc1cc2c(cc1SC1CC(F)(F)C1)N(c1cccc(F)c1)CCCS2. The zero-order valence-corrected chi connectivity index (χ0v) is 20.8. The minimum Gasteiger partial charge on any atom is -0.488 e. The molecule has 10 heteroatoms. The third kappa shape index (κ3) is 5.44. The summed E-state index contributed by atoms with van der Waals surface area (Å²) in [6, 6.07) is 13.5. The van der Waals surface area contributed by atoms with E-state index in [1.54, 1.807) is 30.0 Å². The molecule has 0 atom stereocenters. The lowest BCUT2D eigenvalue weighted by Crippen LogP contribution is -2.37. The molecule has 1 saturated carbocycles. The maximum absolute atomic E-state index is 14.0. The molecule has 1 fully saturated rings. The van der Waals surface area contributed by atoms with Crippen molar-refractivity contribution in [2.75, 3.05) is 17.2 Å². The zero-order valence-electron chi connectivity index (χ0n) is 19.1.